The highest BCUT2D eigenvalue weighted by atomic mass is 79.9. The summed E-state index contributed by atoms with van der Waals surface area (Å²) in [5.74, 6) is 0.363. The van der Waals surface area contributed by atoms with Crippen LogP contribution in [-0.2, 0) is 11.3 Å². The van der Waals surface area contributed by atoms with Crippen molar-refractivity contribution < 1.29 is 14.1 Å². The van der Waals surface area contributed by atoms with Crippen LogP contribution in [0.5, 0.6) is 0 Å². The zero-order valence-corrected chi connectivity index (χ0v) is 18.8. The fraction of sp³-hybridized carbons (Fsp3) is 0.0455. The maximum absolute atomic E-state index is 13.0. The minimum Gasteiger partial charge on any atom is -0.467 e. The number of nitro groups is 1. The maximum atomic E-state index is 13.0. The van der Waals surface area contributed by atoms with E-state index in [1.165, 1.54) is 28.8 Å². The predicted molar refractivity (Wildman–Crippen MR) is 127 cm³/mol. The predicted octanol–water partition coefficient (Wildman–Crippen LogP) is 5.46. The van der Waals surface area contributed by atoms with Gasteiger partial charge in [0.1, 0.15) is 5.76 Å². The number of hydrogen-bond donors (Lipinski definition) is 0. The normalized spacial score (nSPS) is 16.5. The Morgan fingerprint density at radius 3 is 2.47 bits per heavy atom. The number of amides is 1. The van der Waals surface area contributed by atoms with Gasteiger partial charge < -0.3 is 4.42 Å². The third-order valence-corrected chi connectivity index (χ3v) is 5.93. The lowest BCUT2D eigenvalue weighted by Crippen LogP contribution is -2.28. The average Bonchev–Trinajstić information content (AvgIpc) is 3.40. The zero-order chi connectivity index (χ0) is 22.5. The van der Waals surface area contributed by atoms with Crippen molar-refractivity contribution in [2.75, 3.05) is 0 Å². The molecule has 0 saturated carbocycles. The maximum Gasteiger partial charge on any atom is 0.269 e. The minimum absolute atomic E-state index is 0.0125. The summed E-state index contributed by atoms with van der Waals surface area (Å²) in [6.07, 6.45) is 4.82. The van der Waals surface area contributed by atoms with Gasteiger partial charge >= 0.3 is 0 Å². The van der Waals surface area contributed by atoms with E-state index in [1.807, 2.05) is 24.3 Å². The molecule has 2 heterocycles. The Bertz CT molecular complexity index is 1220. The first kappa shape index (κ1) is 21.7. The Morgan fingerprint density at radius 1 is 1.09 bits per heavy atom. The Balaban J connectivity index is 1.60. The molecule has 160 valence electrons. The van der Waals surface area contributed by atoms with Crippen molar-refractivity contribution in [2.24, 2.45) is 10.2 Å². The Labute approximate surface area is 195 Å². The first-order valence-corrected chi connectivity index (χ1v) is 11.0. The molecule has 0 N–H and O–H groups in total. The number of halogens is 1. The van der Waals surface area contributed by atoms with Gasteiger partial charge in [-0.25, -0.2) is 0 Å². The van der Waals surface area contributed by atoms with Crippen LogP contribution in [0.15, 0.2) is 90.9 Å². The number of nitrogens with zero attached hydrogens (tertiary/aromatic N) is 4. The number of non-ortho nitro benzene ring substituents is 1. The number of amidine groups is 1. The topological polar surface area (TPSA) is 101 Å². The number of rotatable bonds is 6. The van der Waals surface area contributed by atoms with Crippen LogP contribution in [0.3, 0.4) is 0 Å². The summed E-state index contributed by atoms with van der Waals surface area (Å²) in [6.45, 7) is 0.211. The molecular weight excluding hydrogens is 496 g/mol. The molecule has 0 unspecified atom stereocenters. The Hall–Kier alpha value is -3.50. The van der Waals surface area contributed by atoms with Gasteiger partial charge in [-0.3, -0.25) is 19.8 Å². The van der Waals surface area contributed by atoms with Crippen molar-refractivity contribution in [2.45, 2.75) is 6.54 Å². The lowest BCUT2D eigenvalue weighted by molar-refractivity contribution is -0.384. The summed E-state index contributed by atoms with van der Waals surface area (Å²) >= 11 is 4.57. The van der Waals surface area contributed by atoms with Crippen LogP contribution in [0.2, 0.25) is 0 Å². The molecule has 0 spiro atoms. The van der Waals surface area contributed by atoms with Crippen molar-refractivity contribution in [3.63, 3.8) is 0 Å². The first-order chi connectivity index (χ1) is 15.5. The molecule has 1 aliphatic heterocycles. The highest BCUT2D eigenvalue weighted by molar-refractivity contribution is 9.10. The van der Waals surface area contributed by atoms with Crippen LogP contribution in [0.25, 0.3) is 6.08 Å². The monoisotopic (exact) mass is 510 g/mol. The number of furan rings is 1. The molecule has 1 aliphatic rings. The largest absolute Gasteiger partial charge is 0.467 e. The summed E-state index contributed by atoms with van der Waals surface area (Å²) in [5, 5.41) is 19.7. The quantitative estimate of drug-likeness (QED) is 0.189. The lowest BCUT2D eigenvalue weighted by atomic mass is 10.2. The van der Waals surface area contributed by atoms with Crippen molar-refractivity contribution in [3.05, 3.63) is 103 Å². The number of carbonyl (C=O) groups is 1. The average molecular weight is 511 g/mol. The molecule has 0 radical (unpaired) electrons. The summed E-state index contributed by atoms with van der Waals surface area (Å²) in [6, 6.07) is 17.1. The number of thioether (sulfide) groups is 1. The summed E-state index contributed by atoms with van der Waals surface area (Å²) in [7, 11) is 0. The second-order valence-electron chi connectivity index (χ2n) is 6.61. The van der Waals surface area contributed by atoms with Crippen LogP contribution in [-0.4, -0.2) is 27.1 Å². The molecule has 32 heavy (non-hydrogen) atoms. The van der Waals surface area contributed by atoms with E-state index in [9.17, 15) is 14.9 Å². The van der Waals surface area contributed by atoms with Gasteiger partial charge in [0.2, 0.25) is 0 Å². The molecule has 0 aliphatic carbocycles. The van der Waals surface area contributed by atoms with Gasteiger partial charge in [-0.1, -0.05) is 28.1 Å². The Kier molecular flexibility index (Phi) is 6.62. The minimum atomic E-state index is -0.467. The Morgan fingerprint density at radius 2 is 1.81 bits per heavy atom. The number of carbonyl (C=O) groups excluding carboxylic acids is 1. The van der Waals surface area contributed by atoms with Crippen LogP contribution in [0, 0.1) is 10.1 Å². The standard InChI is InChI=1S/C22H15BrN4O4S/c23-17-7-3-16(4-8-17)13-24-25-22-26(14-19-2-1-11-31-19)21(28)20(32-22)12-15-5-9-18(10-6-15)27(29)30/h1-13H,14H2/b20-12-,24-13-,25-22+. The fourth-order valence-corrected chi connectivity index (χ4v) is 4.02. The number of benzene rings is 2. The summed E-state index contributed by atoms with van der Waals surface area (Å²) < 4.78 is 6.34. The molecular formula is C22H15BrN4O4S. The van der Waals surface area contributed by atoms with Crippen molar-refractivity contribution >= 4 is 56.7 Å². The number of nitro benzene ring substituents is 1. The third-order valence-electron chi connectivity index (χ3n) is 4.40. The SMILES string of the molecule is O=C1/C(=C/c2ccc([N+](=O)[O-])cc2)S/C(=N/N=C\c2ccc(Br)cc2)N1Cc1ccco1. The van der Waals surface area contributed by atoms with E-state index in [4.69, 9.17) is 4.42 Å². The van der Waals surface area contributed by atoms with E-state index in [0.29, 0.717) is 21.4 Å². The van der Waals surface area contributed by atoms with Gasteiger partial charge in [0.15, 0.2) is 5.17 Å². The third kappa shape index (κ3) is 5.21. The van der Waals surface area contributed by atoms with Gasteiger partial charge in [-0.15, -0.1) is 5.10 Å². The van der Waals surface area contributed by atoms with E-state index >= 15 is 0 Å². The molecule has 0 atom stereocenters. The van der Waals surface area contributed by atoms with Gasteiger partial charge in [0, 0.05) is 16.6 Å². The molecule has 1 aromatic heterocycles. The van der Waals surface area contributed by atoms with Crippen molar-refractivity contribution in [1.29, 1.82) is 0 Å². The fourth-order valence-electron chi connectivity index (χ4n) is 2.82. The second kappa shape index (κ2) is 9.75. The van der Waals surface area contributed by atoms with E-state index in [2.05, 4.69) is 26.1 Å². The molecule has 1 fully saturated rings. The van der Waals surface area contributed by atoms with Crippen LogP contribution in [0.4, 0.5) is 5.69 Å². The van der Waals surface area contributed by atoms with Gasteiger partial charge in [-0.05, 0) is 65.4 Å². The summed E-state index contributed by atoms with van der Waals surface area (Å²) in [5.41, 5.74) is 1.52. The highest BCUT2D eigenvalue weighted by Crippen LogP contribution is 2.34. The lowest BCUT2D eigenvalue weighted by Gasteiger charge is -2.12. The smallest absolute Gasteiger partial charge is 0.269 e. The first-order valence-electron chi connectivity index (χ1n) is 9.34. The molecule has 0 bridgehead atoms. The van der Waals surface area contributed by atoms with Gasteiger partial charge in [0.05, 0.1) is 28.9 Å². The van der Waals surface area contributed by atoms with E-state index in [-0.39, 0.29) is 18.1 Å². The highest BCUT2D eigenvalue weighted by Gasteiger charge is 2.34. The van der Waals surface area contributed by atoms with E-state index < -0.39 is 4.92 Å². The molecule has 8 nitrogen and oxygen atoms in total. The number of hydrogen-bond acceptors (Lipinski definition) is 7. The molecule has 1 amide bonds. The second-order valence-corrected chi connectivity index (χ2v) is 8.53. The van der Waals surface area contributed by atoms with E-state index in [1.54, 1.807) is 42.8 Å². The summed E-state index contributed by atoms with van der Waals surface area (Å²) in [4.78, 5) is 25.3. The van der Waals surface area contributed by atoms with Crippen molar-refractivity contribution in [1.82, 2.24) is 4.90 Å². The van der Waals surface area contributed by atoms with Gasteiger partial charge in [0.25, 0.3) is 11.6 Å². The van der Waals surface area contributed by atoms with E-state index in [0.717, 1.165) is 10.0 Å². The van der Waals surface area contributed by atoms with Crippen LogP contribution >= 0.6 is 27.7 Å². The van der Waals surface area contributed by atoms with Gasteiger partial charge in [-0.2, -0.15) is 5.10 Å². The molecule has 10 heteroatoms. The van der Waals surface area contributed by atoms with Crippen molar-refractivity contribution in [3.8, 4) is 0 Å². The van der Waals surface area contributed by atoms with Crippen LogP contribution in [0.1, 0.15) is 16.9 Å². The molecule has 2 aromatic carbocycles. The van der Waals surface area contributed by atoms with Crippen LogP contribution < -0.4 is 0 Å². The zero-order valence-electron chi connectivity index (χ0n) is 16.4. The molecule has 3 aromatic rings. The molecule has 1 saturated heterocycles. The molecule has 4 rings (SSSR count).